The lowest BCUT2D eigenvalue weighted by Gasteiger charge is -2.21. The van der Waals surface area contributed by atoms with Gasteiger partial charge in [0.15, 0.2) is 0 Å². The zero-order valence-corrected chi connectivity index (χ0v) is 11.4. The van der Waals surface area contributed by atoms with Crippen molar-refractivity contribution in [2.24, 2.45) is 0 Å². The molecular weight excluding hydrogens is 261 g/mol. The first kappa shape index (κ1) is 16.7. The Morgan fingerprint density at radius 3 is 2.28 bits per heavy atom. The van der Waals surface area contributed by atoms with Crippen LogP contribution in [-0.2, 0) is 0 Å². The van der Waals surface area contributed by atoms with Crippen LogP contribution in [0.5, 0.6) is 5.75 Å². The van der Waals surface area contributed by atoms with Gasteiger partial charge in [0.05, 0.1) is 26.7 Å². The van der Waals surface area contributed by atoms with Crippen molar-refractivity contribution in [3.63, 3.8) is 0 Å². The molecule has 0 heterocycles. The molecule has 0 spiro atoms. The zero-order chi connectivity index (χ0) is 14.3. The van der Waals surface area contributed by atoms with Gasteiger partial charge in [-0.3, -0.25) is 0 Å². The Bertz CT molecular complexity index is 405. The van der Waals surface area contributed by atoms with Gasteiger partial charge in [-0.05, 0) is 12.1 Å². The molecule has 1 aromatic carbocycles. The topological polar surface area (TPSA) is 60.4 Å². The predicted molar refractivity (Wildman–Crippen MR) is 66.7 cm³/mol. The van der Waals surface area contributed by atoms with Crippen LogP contribution in [0.25, 0.3) is 0 Å². The lowest BCUT2D eigenvalue weighted by molar-refractivity contribution is -0.870. The van der Waals surface area contributed by atoms with Crippen LogP contribution < -0.4 is 5.11 Å². The third kappa shape index (κ3) is 6.42. The van der Waals surface area contributed by atoms with E-state index in [2.05, 4.69) is 0 Å². The van der Waals surface area contributed by atoms with Gasteiger partial charge in [-0.2, -0.15) is 0 Å². The van der Waals surface area contributed by atoms with Crippen molar-refractivity contribution in [1.82, 2.24) is 0 Å². The number of nitrogens with zero attached hydrogens (tertiary/aromatic N) is 1. The highest BCUT2D eigenvalue weighted by Gasteiger charge is 2.04. The van der Waals surface area contributed by atoms with Crippen LogP contribution in [0, 0.1) is 0 Å². The number of para-hydroxylation sites is 1. The number of halogens is 2. The standard InChI is InChI=1S/C7H5ClO3.C5H13FN/c8-5-3-1-2-4(6(5)9)7(10)11;1-7(2,3)5-4-6/h1-3,9H,(H,10,11);4-5H2,1-3H3/q;+1/p-1. The Kier molecular flexibility index (Phi) is 6.65. The summed E-state index contributed by atoms with van der Waals surface area (Å²) in [5.41, 5.74) is -0.294. The number of aromatic carboxylic acids is 1. The molecule has 0 aliphatic heterocycles. The van der Waals surface area contributed by atoms with Crippen molar-refractivity contribution >= 4 is 17.6 Å². The molecule has 0 aromatic heterocycles. The average Bonchev–Trinajstić information content (AvgIpc) is 2.20. The monoisotopic (exact) mass is 277 g/mol. The second kappa shape index (κ2) is 7.18. The number of quaternary nitrogens is 1. The molecule has 0 unspecified atom stereocenters. The van der Waals surface area contributed by atoms with E-state index in [1.807, 2.05) is 21.1 Å². The third-order valence-corrected chi connectivity index (χ3v) is 2.25. The minimum Gasteiger partial charge on any atom is -0.871 e. The first-order valence-corrected chi connectivity index (χ1v) is 5.62. The number of hydrogen-bond acceptors (Lipinski definition) is 2. The largest absolute Gasteiger partial charge is 0.871 e. The fourth-order valence-corrected chi connectivity index (χ4v) is 1.11. The molecule has 0 atom stereocenters. The molecule has 0 fully saturated rings. The van der Waals surface area contributed by atoms with Gasteiger partial charge in [-0.25, -0.2) is 9.18 Å². The Labute approximate surface area is 111 Å². The Morgan fingerprint density at radius 1 is 1.44 bits per heavy atom. The van der Waals surface area contributed by atoms with Gasteiger partial charge in [0.25, 0.3) is 0 Å². The summed E-state index contributed by atoms with van der Waals surface area (Å²) in [6, 6.07) is 4.00. The van der Waals surface area contributed by atoms with Gasteiger partial charge >= 0.3 is 5.97 Å². The average molecular weight is 278 g/mol. The molecule has 0 bridgehead atoms. The van der Waals surface area contributed by atoms with Crippen molar-refractivity contribution in [2.45, 2.75) is 0 Å². The van der Waals surface area contributed by atoms with E-state index < -0.39 is 11.7 Å². The van der Waals surface area contributed by atoms with Crippen LogP contribution in [0.2, 0.25) is 5.02 Å². The van der Waals surface area contributed by atoms with E-state index in [0.29, 0.717) is 6.54 Å². The van der Waals surface area contributed by atoms with Gasteiger partial charge in [0.1, 0.15) is 13.2 Å². The minimum atomic E-state index is -1.25. The Hall–Kier alpha value is -1.33. The van der Waals surface area contributed by atoms with E-state index in [1.165, 1.54) is 18.2 Å². The number of alkyl halides is 1. The normalized spacial score (nSPS) is 10.5. The summed E-state index contributed by atoms with van der Waals surface area (Å²) >= 11 is 5.38. The quantitative estimate of drug-likeness (QED) is 0.857. The summed E-state index contributed by atoms with van der Waals surface area (Å²) in [6.07, 6.45) is 0. The van der Waals surface area contributed by atoms with E-state index in [9.17, 15) is 14.3 Å². The SMILES string of the molecule is C[N+](C)(C)CCF.O=C(O)c1cccc(Cl)c1[O-]. The number of rotatable bonds is 3. The van der Waals surface area contributed by atoms with Crippen LogP contribution in [-0.4, -0.2) is 49.9 Å². The maximum absolute atomic E-state index is 11.5. The molecule has 102 valence electrons. The summed E-state index contributed by atoms with van der Waals surface area (Å²) in [6.45, 7) is 0.392. The van der Waals surface area contributed by atoms with Crippen LogP contribution in [0.4, 0.5) is 4.39 Å². The van der Waals surface area contributed by atoms with E-state index in [1.54, 1.807) is 0 Å². The van der Waals surface area contributed by atoms with E-state index in [-0.39, 0.29) is 17.3 Å². The van der Waals surface area contributed by atoms with Crippen LogP contribution in [0.3, 0.4) is 0 Å². The lowest BCUT2D eigenvalue weighted by Crippen LogP contribution is -2.36. The predicted octanol–water partition coefficient (Wildman–Crippen LogP) is 1.77. The van der Waals surface area contributed by atoms with Crippen molar-refractivity contribution in [2.75, 3.05) is 34.4 Å². The number of hydrogen-bond donors (Lipinski definition) is 1. The smallest absolute Gasteiger partial charge is 0.335 e. The second-order valence-electron chi connectivity index (χ2n) is 4.62. The summed E-state index contributed by atoms with van der Waals surface area (Å²) in [4.78, 5) is 10.3. The highest BCUT2D eigenvalue weighted by atomic mass is 35.5. The maximum Gasteiger partial charge on any atom is 0.335 e. The van der Waals surface area contributed by atoms with E-state index >= 15 is 0 Å². The summed E-state index contributed by atoms with van der Waals surface area (Å²) in [5, 5.41) is 19.3. The van der Waals surface area contributed by atoms with E-state index in [0.717, 1.165) is 4.48 Å². The van der Waals surface area contributed by atoms with Gasteiger partial charge in [0, 0.05) is 5.02 Å². The lowest BCUT2D eigenvalue weighted by atomic mass is 10.2. The number of carboxylic acid groups (broad SMARTS) is 1. The first-order valence-electron chi connectivity index (χ1n) is 5.24. The van der Waals surface area contributed by atoms with Gasteiger partial charge < -0.3 is 14.7 Å². The summed E-state index contributed by atoms with van der Waals surface area (Å²) in [5.74, 6) is -1.89. The molecule has 0 aliphatic carbocycles. The molecular formula is C12H17ClFNO3. The van der Waals surface area contributed by atoms with Gasteiger partial charge in [0.2, 0.25) is 0 Å². The summed E-state index contributed by atoms with van der Waals surface area (Å²) in [7, 11) is 5.92. The second-order valence-corrected chi connectivity index (χ2v) is 5.03. The zero-order valence-electron chi connectivity index (χ0n) is 10.6. The highest BCUT2D eigenvalue weighted by Crippen LogP contribution is 2.23. The fourth-order valence-electron chi connectivity index (χ4n) is 0.931. The third-order valence-electron chi connectivity index (χ3n) is 1.95. The maximum atomic E-state index is 11.5. The van der Waals surface area contributed by atoms with Crippen molar-refractivity contribution in [3.8, 4) is 5.75 Å². The van der Waals surface area contributed by atoms with Gasteiger partial charge in [-0.15, -0.1) is 0 Å². The fraction of sp³-hybridized carbons (Fsp3) is 0.417. The minimum absolute atomic E-state index is 0.0649. The number of carbonyl (C=O) groups is 1. The van der Waals surface area contributed by atoms with Crippen LogP contribution in [0.15, 0.2) is 18.2 Å². The molecule has 0 aliphatic rings. The molecule has 1 N–H and O–H groups in total. The number of carboxylic acids is 1. The molecule has 1 rings (SSSR count). The van der Waals surface area contributed by atoms with Gasteiger partial charge in [-0.1, -0.05) is 23.4 Å². The van der Waals surface area contributed by atoms with E-state index in [4.69, 9.17) is 16.7 Å². The highest BCUT2D eigenvalue weighted by molar-refractivity contribution is 6.32. The number of benzene rings is 1. The molecule has 0 radical (unpaired) electrons. The molecule has 4 nitrogen and oxygen atoms in total. The molecule has 18 heavy (non-hydrogen) atoms. The Balaban J connectivity index is 0.000000360. The van der Waals surface area contributed by atoms with Crippen molar-refractivity contribution < 1.29 is 23.9 Å². The molecule has 6 heteroatoms. The first-order chi connectivity index (χ1) is 8.19. The van der Waals surface area contributed by atoms with Crippen LogP contribution in [0.1, 0.15) is 10.4 Å². The van der Waals surface area contributed by atoms with Crippen LogP contribution >= 0.6 is 11.6 Å². The summed E-state index contributed by atoms with van der Waals surface area (Å²) < 4.78 is 12.2. The van der Waals surface area contributed by atoms with Crippen molar-refractivity contribution in [3.05, 3.63) is 28.8 Å². The van der Waals surface area contributed by atoms with Crippen molar-refractivity contribution in [1.29, 1.82) is 0 Å². The molecule has 1 aromatic rings. The molecule has 0 saturated heterocycles. The Morgan fingerprint density at radius 2 is 2.00 bits per heavy atom. The molecule has 0 saturated carbocycles. The molecule has 0 amide bonds.